The molecule has 0 aliphatic carbocycles. The van der Waals surface area contributed by atoms with Crippen molar-refractivity contribution in [1.82, 2.24) is 13.9 Å². The van der Waals surface area contributed by atoms with Gasteiger partial charge in [-0.1, -0.05) is 23.1 Å². The summed E-state index contributed by atoms with van der Waals surface area (Å²) in [5, 5.41) is 8.23. The summed E-state index contributed by atoms with van der Waals surface area (Å²) in [5.74, 6) is 1.73. The molecule has 3 aromatic heterocycles. The van der Waals surface area contributed by atoms with Crippen LogP contribution in [0.4, 0.5) is 5.88 Å². The molecule has 0 N–H and O–H groups in total. The number of furan rings is 1. The van der Waals surface area contributed by atoms with Crippen molar-refractivity contribution in [2.75, 3.05) is 24.1 Å². The minimum atomic E-state index is -0.632. The highest BCUT2D eigenvalue weighted by Gasteiger charge is 2.65. The molecule has 0 spiro atoms. The number of rotatable bonds is 5. The first-order valence-corrected chi connectivity index (χ1v) is 12.8. The number of nitrogens with zero attached hydrogens (tertiary/aromatic N) is 4. The fourth-order valence-corrected chi connectivity index (χ4v) is 7.09. The summed E-state index contributed by atoms with van der Waals surface area (Å²) in [6.45, 7) is 1.70. The molecule has 3 saturated heterocycles. The first-order chi connectivity index (χ1) is 14.9. The van der Waals surface area contributed by atoms with Crippen LogP contribution in [0, 0.1) is 0 Å². The molecule has 10 heteroatoms. The molecule has 3 fully saturated rings. The van der Waals surface area contributed by atoms with Crippen LogP contribution in [0.25, 0.3) is 0 Å². The Labute approximate surface area is 187 Å². The van der Waals surface area contributed by atoms with E-state index in [0.29, 0.717) is 5.88 Å². The van der Waals surface area contributed by atoms with E-state index in [-0.39, 0.29) is 12.2 Å². The van der Waals surface area contributed by atoms with Crippen LogP contribution in [0.1, 0.15) is 29.8 Å². The summed E-state index contributed by atoms with van der Waals surface area (Å²) in [6.07, 6.45) is 4.53. The third-order valence-corrected chi connectivity index (χ3v) is 8.44. The zero-order chi connectivity index (χ0) is 20.0. The maximum atomic E-state index is 6.74. The van der Waals surface area contributed by atoms with E-state index < -0.39 is 5.54 Å². The molecule has 3 aromatic rings. The van der Waals surface area contributed by atoms with E-state index in [4.69, 9.17) is 18.4 Å². The first kappa shape index (κ1) is 19.3. The molecule has 3 aliphatic heterocycles. The van der Waals surface area contributed by atoms with E-state index >= 15 is 0 Å². The van der Waals surface area contributed by atoms with Gasteiger partial charge in [0.1, 0.15) is 6.10 Å². The number of hydrazine groups is 2. The van der Waals surface area contributed by atoms with Gasteiger partial charge >= 0.3 is 0 Å². The van der Waals surface area contributed by atoms with E-state index in [9.17, 15) is 0 Å². The maximum absolute atomic E-state index is 6.74. The van der Waals surface area contributed by atoms with Crippen LogP contribution in [-0.2, 0) is 15.1 Å². The molecule has 3 aliphatic rings. The Hall–Kier alpha value is -1.40. The molecule has 30 heavy (non-hydrogen) atoms. The molecular weight excluding hydrogens is 440 g/mol. The van der Waals surface area contributed by atoms with Crippen molar-refractivity contribution >= 4 is 40.7 Å². The largest absolute Gasteiger partial charge is 0.445 e. The number of hydrogen-bond acceptors (Lipinski definition) is 10. The molecule has 0 amide bonds. The summed E-state index contributed by atoms with van der Waals surface area (Å²) in [4.78, 5) is 7.93. The molecule has 6 heterocycles. The molecule has 0 saturated carbocycles. The Morgan fingerprint density at radius 2 is 2.13 bits per heavy atom. The molecule has 0 aromatic carbocycles. The third-order valence-electron chi connectivity index (χ3n) is 5.78. The summed E-state index contributed by atoms with van der Waals surface area (Å²) < 4.78 is 19.2. The van der Waals surface area contributed by atoms with Crippen molar-refractivity contribution in [1.29, 1.82) is 0 Å². The van der Waals surface area contributed by atoms with E-state index in [2.05, 4.69) is 33.1 Å². The van der Waals surface area contributed by atoms with Crippen LogP contribution in [-0.4, -0.2) is 45.0 Å². The maximum Gasteiger partial charge on any atom is 0.236 e. The van der Waals surface area contributed by atoms with Gasteiger partial charge in [0, 0.05) is 35.2 Å². The van der Waals surface area contributed by atoms with E-state index in [0.717, 1.165) is 43.9 Å². The van der Waals surface area contributed by atoms with Crippen molar-refractivity contribution in [2.45, 2.75) is 37.0 Å². The molecule has 0 radical (unpaired) electrons. The highest BCUT2D eigenvalue weighted by molar-refractivity contribution is 7.97. The van der Waals surface area contributed by atoms with Gasteiger partial charge < -0.3 is 9.15 Å². The zero-order valence-corrected chi connectivity index (χ0v) is 18.7. The topological polar surface area (TPSA) is 54.2 Å². The van der Waals surface area contributed by atoms with Gasteiger partial charge in [0.15, 0.2) is 5.54 Å². The Morgan fingerprint density at radius 3 is 2.80 bits per heavy atom. The second-order valence-electron chi connectivity index (χ2n) is 7.48. The Balaban J connectivity index is 1.59. The lowest BCUT2D eigenvalue weighted by Gasteiger charge is -2.42. The highest BCUT2D eigenvalue weighted by Crippen LogP contribution is 2.53. The van der Waals surface area contributed by atoms with Crippen LogP contribution in [0.2, 0.25) is 0 Å². The number of aromatic nitrogens is 1. The van der Waals surface area contributed by atoms with Crippen LogP contribution in [0.5, 0.6) is 0 Å². The van der Waals surface area contributed by atoms with Gasteiger partial charge in [0.05, 0.1) is 18.1 Å². The van der Waals surface area contributed by atoms with Crippen molar-refractivity contribution in [3.05, 3.63) is 57.9 Å². The third kappa shape index (κ3) is 2.89. The van der Waals surface area contributed by atoms with Crippen LogP contribution in [0.3, 0.4) is 0 Å². The second-order valence-corrected chi connectivity index (χ2v) is 10.2. The summed E-state index contributed by atoms with van der Waals surface area (Å²) in [6, 6.07) is 10.2. The van der Waals surface area contributed by atoms with Gasteiger partial charge in [-0.3, -0.25) is 0 Å². The van der Waals surface area contributed by atoms with Gasteiger partial charge in [-0.15, -0.1) is 16.5 Å². The van der Waals surface area contributed by atoms with E-state index in [1.165, 1.54) is 16.4 Å². The van der Waals surface area contributed by atoms with Gasteiger partial charge in [-0.2, -0.15) is 8.79 Å². The summed E-state index contributed by atoms with van der Waals surface area (Å²) in [5.41, 5.74) is 0.352. The SMILES string of the molecule is c1coc(N2OC(C3CCCO3)C(c3ccsn3)(c3cccs3)N2N2CCCS2)c1. The molecule has 3 atom stereocenters. The van der Waals surface area contributed by atoms with Gasteiger partial charge in [0.2, 0.25) is 5.88 Å². The van der Waals surface area contributed by atoms with Gasteiger partial charge in [-0.05, 0) is 54.4 Å². The van der Waals surface area contributed by atoms with Crippen molar-refractivity contribution in [3.8, 4) is 0 Å². The minimum absolute atomic E-state index is 0.0242. The number of hydrogen-bond donors (Lipinski definition) is 0. The Kier molecular flexibility index (Phi) is 5.11. The van der Waals surface area contributed by atoms with E-state index in [1.54, 1.807) is 17.6 Å². The van der Waals surface area contributed by atoms with Crippen molar-refractivity contribution < 1.29 is 14.0 Å². The molecule has 7 nitrogen and oxygen atoms in total. The fraction of sp³-hybridized carbons (Fsp3) is 0.450. The highest BCUT2D eigenvalue weighted by atomic mass is 32.2. The normalized spacial score (nSPS) is 30.6. The monoisotopic (exact) mass is 462 g/mol. The summed E-state index contributed by atoms with van der Waals surface area (Å²) >= 11 is 5.03. The van der Waals surface area contributed by atoms with Gasteiger partial charge in [0.25, 0.3) is 0 Å². The Bertz CT molecular complexity index is 904. The zero-order valence-electron chi connectivity index (χ0n) is 16.3. The fourth-order valence-electron chi connectivity index (χ4n) is 4.56. The average molecular weight is 463 g/mol. The predicted molar refractivity (Wildman–Crippen MR) is 118 cm³/mol. The lowest BCUT2D eigenvalue weighted by atomic mass is 9.83. The lowest BCUT2D eigenvalue weighted by molar-refractivity contribution is -0.0472. The number of anilines is 1. The van der Waals surface area contributed by atoms with Crippen LogP contribution >= 0.6 is 34.8 Å². The predicted octanol–water partition coefficient (Wildman–Crippen LogP) is 4.53. The number of ether oxygens (including phenoxy) is 1. The van der Waals surface area contributed by atoms with Crippen molar-refractivity contribution in [2.24, 2.45) is 0 Å². The quantitative estimate of drug-likeness (QED) is 0.513. The lowest BCUT2D eigenvalue weighted by Crippen LogP contribution is -2.58. The Morgan fingerprint density at radius 1 is 1.13 bits per heavy atom. The summed E-state index contributed by atoms with van der Waals surface area (Å²) in [7, 11) is 0. The molecule has 0 bridgehead atoms. The number of thiophene rings is 1. The first-order valence-electron chi connectivity index (χ1n) is 10.2. The molecule has 3 unspecified atom stereocenters. The molecular formula is C20H22N4O3S3. The smallest absolute Gasteiger partial charge is 0.236 e. The molecule has 158 valence electrons. The van der Waals surface area contributed by atoms with Crippen molar-refractivity contribution in [3.63, 3.8) is 0 Å². The van der Waals surface area contributed by atoms with E-state index in [1.807, 2.05) is 34.6 Å². The second kappa shape index (κ2) is 7.94. The molecule has 6 rings (SSSR count). The minimum Gasteiger partial charge on any atom is -0.445 e. The average Bonchev–Trinajstić information content (AvgIpc) is 3.62. The van der Waals surface area contributed by atoms with Gasteiger partial charge in [-0.25, -0.2) is 4.84 Å². The standard InChI is InChI=1S/C20H22N4O3S3/c1-5-15(25-10-1)19-20(16-8-14-29-21-16,17-6-3-12-28-17)24(22-9-4-13-30-22)23(27-19)18-7-2-11-26-18/h2-3,6-8,11-12,14-15,19H,1,4-5,9-10,13H2. The van der Waals surface area contributed by atoms with Crippen LogP contribution in [0.15, 0.2) is 51.8 Å². The van der Waals surface area contributed by atoms with Crippen LogP contribution < -0.4 is 5.17 Å².